The van der Waals surface area contributed by atoms with E-state index in [0.717, 1.165) is 39.1 Å². The van der Waals surface area contributed by atoms with Crippen molar-refractivity contribution >= 4 is 48.8 Å². The summed E-state index contributed by atoms with van der Waals surface area (Å²) in [4.78, 5) is 17.6. The van der Waals surface area contributed by atoms with Gasteiger partial charge < -0.3 is 16.0 Å². The van der Waals surface area contributed by atoms with Gasteiger partial charge in [0.1, 0.15) is 0 Å². The lowest BCUT2D eigenvalue weighted by atomic mass is 9.84. The van der Waals surface area contributed by atoms with Crippen LogP contribution in [0, 0.1) is 17.8 Å². The van der Waals surface area contributed by atoms with Gasteiger partial charge >= 0.3 is 0 Å². The zero-order valence-corrected chi connectivity index (χ0v) is 19.5. The number of nitrogens with two attached hydrogens (primary N) is 1. The highest BCUT2D eigenvalue weighted by Crippen LogP contribution is 2.47. The van der Waals surface area contributed by atoms with Crippen LogP contribution in [0.2, 0.25) is 0 Å². The molecule has 166 valence electrons. The van der Waals surface area contributed by atoms with Gasteiger partial charge in [0.05, 0.1) is 5.92 Å². The number of hydrogen-bond donors (Lipinski definition) is 2. The normalized spacial score (nSPS) is 29.2. The summed E-state index contributed by atoms with van der Waals surface area (Å²) in [6.45, 7) is 7.22. The average molecular weight is 466 g/mol. The van der Waals surface area contributed by atoms with E-state index in [0.29, 0.717) is 11.8 Å². The molecule has 8 heteroatoms. The molecule has 1 amide bonds. The Morgan fingerprint density at radius 1 is 1.07 bits per heavy atom. The molecule has 5 nitrogen and oxygen atoms in total. The third-order valence-corrected chi connectivity index (χ3v) is 6.70. The molecule has 3 aliphatic rings. The molecule has 0 spiro atoms. The summed E-state index contributed by atoms with van der Waals surface area (Å²) in [5.74, 6) is 1.35. The summed E-state index contributed by atoms with van der Waals surface area (Å²) >= 11 is 0. The third kappa shape index (κ3) is 5.92. The van der Waals surface area contributed by atoms with Gasteiger partial charge in [0.25, 0.3) is 0 Å². The number of hydrogen-bond acceptors (Lipinski definition) is 4. The molecule has 1 saturated heterocycles. The van der Waals surface area contributed by atoms with E-state index < -0.39 is 0 Å². The molecule has 5 unspecified atom stereocenters. The highest BCUT2D eigenvalue weighted by atomic mass is 35.5. The van der Waals surface area contributed by atoms with E-state index in [1.165, 1.54) is 18.5 Å². The minimum absolute atomic E-state index is 0. The summed E-state index contributed by atoms with van der Waals surface area (Å²) in [6, 6.07) is 10.9. The molecule has 0 radical (unpaired) electrons. The second-order valence-corrected chi connectivity index (χ2v) is 8.47. The van der Waals surface area contributed by atoms with Crippen LogP contribution in [0.4, 0.5) is 5.69 Å². The Hall–Kier alpha value is -0.720. The molecule has 5 atom stereocenters. The van der Waals surface area contributed by atoms with Gasteiger partial charge in [-0.3, -0.25) is 9.69 Å². The van der Waals surface area contributed by atoms with Crippen molar-refractivity contribution in [2.75, 3.05) is 37.6 Å². The van der Waals surface area contributed by atoms with E-state index in [-0.39, 0.29) is 61.1 Å². The number of para-hydroxylation sites is 1. The SMILES string of the molecule is CC(CN1CCN(c2ccccc2)CC1)NC(=O)C1C2CCC(C2)C1N.Cl.Cl.Cl. The summed E-state index contributed by atoms with van der Waals surface area (Å²) in [6.07, 6.45) is 3.57. The first-order valence-corrected chi connectivity index (χ1v) is 10.2. The number of carbonyl (C=O) groups is 1. The van der Waals surface area contributed by atoms with Crippen molar-refractivity contribution in [3.8, 4) is 0 Å². The number of carbonyl (C=O) groups excluding carboxylic acids is 1. The zero-order chi connectivity index (χ0) is 18.1. The molecule has 1 heterocycles. The Morgan fingerprint density at radius 2 is 1.69 bits per heavy atom. The molecule has 3 N–H and O–H groups in total. The summed E-state index contributed by atoms with van der Waals surface area (Å²) < 4.78 is 0. The number of rotatable bonds is 5. The fraction of sp³-hybridized carbons (Fsp3) is 0.667. The Labute approximate surface area is 193 Å². The van der Waals surface area contributed by atoms with Gasteiger partial charge in [-0.1, -0.05) is 18.2 Å². The summed E-state index contributed by atoms with van der Waals surface area (Å²) in [7, 11) is 0. The first kappa shape index (κ1) is 26.3. The zero-order valence-electron chi connectivity index (χ0n) is 17.0. The van der Waals surface area contributed by atoms with Gasteiger partial charge in [-0.05, 0) is 50.2 Å². The van der Waals surface area contributed by atoms with E-state index in [4.69, 9.17) is 5.73 Å². The lowest BCUT2D eigenvalue weighted by Crippen LogP contribution is -2.53. The first-order chi connectivity index (χ1) is 12.6. The average Bonchev–Trinajstić information content (AvgIpc) is 3.24. The smallest absolute Gasteiger partial charge is 0.225 e. The van der Waals surface area contributed by atoms with Crippen LogP contribution in [0.5, 0.6) is 0 Å². The van der Waals surface area contributed by atoms with Crippen LogP contribution in [0.3, 0.4) is 0 Å². The Morgan fingerprint density at radius 3 is 2.28 bits per heavy atom. The summed E-state index contributed by atoms with van der Waals surface area (Å²) in [5.41, 5.74) is 7.62. The molecule has 4 rings (SSSR count). The number of amides is 1. The molecular formula is C21H35Cl3N4O. The lowest BCUT2D eigenvalue weighted by Gasteiger charge is -2.37. The van der Waals surface area contributed by atoms with Crippen LogP contribution in [0.15, 0.2) is 30.3 Å². The number of piperazine rings is 1. The Bertz CT molecular complexity index is 626. The van der Waals surface area contributed by atoms with E-state index >= 15 is 0 Å². The van der Waals surface area contributed by atoms with Crippen molar-refractivity contribution in [1.29, 1.82) is 0 Å². The lowest BCUT2D eigenvalue weighted by molar-refractivity contribution is -0.127. The predicted molar refractivity (Wildman–Crippen MR) is 127 cm³/mol. The topological polar surface area (TPSA) is 61.6 Å². The Kier molecular flexibility index (Phi) is 10.5. The van der Waals surface area contributed by atoms with Gasteiger partial charge in [-0.25, -0.2) is 0 Å². The van der Waals surface area contributed by atoms with Gasteiger partial charge in [-0.2, -0.15) is 0 Å². The van der Waals surface area contributed by atoms with Crippen LogP contribution in [-0.2, 0) is 4.79 Å². The number of benzene rings is 1. The largest absolute Gasteiger partial charge is 0.369 e. The fourth-order valence-corrected chi connectivity index (χ4v) is 5.32. The van der Waals surface area contributed by atoms with Crippen LogP contribution < -0.4 is 16.0 Å². The highest BCUT2D eigenvalue weighted by Gasteiger charge is 2.49. The molecule has 2 saturated carbocycles. The van der Waals surface area contributed by atoms with Gasteiger partial charge in [0.2, 0.25) is 5.91 Å². The van der Waals surface area contributed by atoms with Crippen molar-refractivity contribution in [3.05, 3.63) is 30.3 Å². The standard InChI is InChI=1S/C21H32N4O.3ClH/c1-15(23-21(26)19-16-7-8-17(13-16)20(19)22)14-24-9-11-25(12-10-24)18-5-3-2-4-6-18;;;/h2-6,15-17,19-20H,7-14,22H2,1H3,(H,23,26);3*1H. The maximum atomic E-state index is 12.7. The number of nitrogens with one attached hydrogen (secondary N) is 1. The van der Waals surface area contributed by atoms with E-state index in [9.17, 15) is 4.79 Å². The summed E-state index contributed by atoms with van der Waals surface area (Å²) in [5, 5.41) is 3.25. The van der Waals surface area contributed by atoms with Gasteiger partial charge in [0.15, 0.2) is 0 Å². The quantitative estimate of drug-likeness (QED) is 0.702. The second kappa shape index (κ2) is 11.6. The number of fused-ring (bicyclic) bond motifs is 2. The maximum Gasteiger partial charge on any atom is 0.225 e. The van der Waals surface area contributed by atoms with Gasteiger partial charge in [0, 0.05) is 50.5 Å². The predicted octanol–water partition coefficient (Wildman–Crippen LogP) is 2.95. The second-order valence-electron chi connectivity index (χ2n) is 8.47. The van der Waals surface area contributed by atoms with Crippen molar-refractivity contribution < 1.29 is 4.79 Å². The molecule has 1 aromatic carbocycles. The molecule has 0 aromatic heterocycles. The monoisotopic (exact) mass is 464 g/mol. The Balaban J connectivity index is 0.00000140. The maximum absolute atomic E-state index is 12.7. The van der Waals surface area contributed by atoms with Crippen molar-refractivity contribution in [3.63, 3.8) is 0 Å². The third-order valence-electron chi connectivity index (χ3n) is 6.70. The van der Waals surface area contributed by atoms with E-state index in [1.54, 1.807) is 0 Å². The fourth-order valence-electron chi connectivity index (χ4n) is 5.32. The molecule has 29 heavy (non-hydrogen) atoms. The van der Waals surface area contributed by atoms with Crippen LogP contribution >= 0.6 is 37.2 Å². The molecule has 1 aliphatic heterocycles. The molecule has 1 aromatic rings. The number of halogens is 3. The first-order valence-electron chi connectivity index (χ1n) is 10.2. The molecule has 3 fully saturated rings. The van der Waals surface area contributed by atoms with Crippen LogP contribution in [0.1, 0.15) is 26.2 Å². The molecular weight excluding hydrogens is 431 g/mol. The minimum atomic E-state index is 0. The highest BCUT2D eigenvalue weighted by molar-refractivity contribution is 5.86. The number of anilines is 1. The molecule has 2 aliphatic carbocycles. The van der Waals surface area contributed by atoms with Crippen LogP contribution in [0.25, 0.3) is 0 Å². The van der Waals surface area contributed by atoms with Crippen molar-refractivity contribution in [1.82, 2.24) is 10.2 Å². The van der Waals surface area contributed by atoms with Gasteiger partial charge in [-0.15, -0.1) is 37.2 Å². The van der Waals surface area contributed by atoms with Crippen molar-refractivity contribution in [2.24, 2.45) is 23.5 Å². The van der Waals surface area contributed by atoms with Crippen LogP contribution in [-0.4, -0.2) is 55.6 Å². The molecule has 2 bridgehead atoms. The minimum Gasteiger partial charge on any atom is -0.369 e. The van der Waals surface area contributed by atoms with Crippen molar-refractivity contribution in [2.45, 2.75) is 38.3 Å². The van der Waals surface area contributed by atoms with E-state index in [2.05, 4.69) is 52.4 Å². The number of nitrogens with zero attached hydrogens (tertiary/aromatic N) is 2. The van der Waals surface area contributed by atoms with E-state index in [1.807, 2.05) is 0 Å².